The van der Waals surface area contributed by atoms with Crippen molar-refractivity contribution in [3.8, 4) is 11.1 Å². The minimum absolute atomic E-state index is 0.653. The van der Waals surface area contributed by atoms with Crippen LogP contribution >= 0.6 is 11.6 Å². The topological polar surface area (TPSA) is 41.3 Å². The Morgan fingerprint density at radius 1 is 0.897 bits per heavy atom. The van der Waals surface area contributed by atoms with Crippen molar-refractivity contribution < 1.29 is 0 Å². The SMILES string of the molecule is Nc1c(NCC2CC2)ccc(-c2ccc(CN3CCC(C4CC4)CC3)cc2)c1Cl. The lowest BCUT2D eigenvalue weighted by atomic mass is 9.92. The summed E-state index contributed by atoms with van der Waals surface area (Å²) < 4.78 is 0. The van der Waals surface area contributed by atoms with E-state index < -0.39 is 0 Å². The number of hydrogen-bond donors (Lipinski definition) is 2. The zero-order valence-corrected chi connectivity index (χ0v) is 17.9. The molecule has 0 spiro atoms. The summed E-state index contributed by atoms with van der Waals surface area (Å²) in [5.41, 5.74) is 11.5. The first kappa shape index (κ1) is 19.3. The van der Waals surface area contributed by atoms with Gasteiger partial charge in [0.2, 0.25) is 0 Å². The Kier molecular flexibility index (Phi) is 5.45. The predicted molar refractivity (Wildman–Crippen MR) is 123 cm³/mol. The number of nitrogens with two attached hydrogens (primary N) is 1. The van der Waals surface area contributed by atoms with Gasteiger partial charge in [-0.1, -0.05) is 41.9 Å². The second-order valence-electron chi connectivity index (χ2n) is 9.36. The van der Waals surface area contributed by atoms with Gasteiger partial charge in [-0.3, -0.25) is 4.90 Å². The molecule has 0 aromatic heterocycles. The molecule has 3 nitrogen and oxygen atoms in total. The standard InChI is InChI=1S/C25H32ClN3/c26-24-22(9-10-23(25(24)27)28-15-17-1-2-17)21-5-3-18(4-6-21)16-29-13-11-20(12-14-29)19-7-8-19/h3-6,9-10,17,19-20,28H,1-2,7-8,11-16,27H2. The van der Waals surface area contributed by atoms with Crippen molar-refractivity contribution in [3.63, 3.8) is 0 Å². The second-order valence-corrected chi connectivity index (χ2v) is 9.74. The van der Waals surface area contributed by atoms with Crippen molar-refractivity contribution in [2.45, 2.75) is 45.1 Å². The number of halogens is 1. The fourth-order valence-corrected chi connectivity index (χ4v) is 5.02. The highest BCUT2D eigenvalue weighted by Gasteiger charge is 2.33. The maximum Gasteiger partial charge on any atom is 0.0745 e. The third-order valence-electron chi connectivity index (χ3n) is 7.05. The van der Waals surface area contributed by atoms with Gasteiger partial charge in [-0.15, -0.1) is 0 Å². The van der Waals surface area contributed by atoms with Gasteiger partial charge in [-0.05, 0) is 86.6 Å². The minimum Gasteiger partial charge on any atom is -0.396 e. The minimum atomic E-state index is 0.653. The van der Waals surface area contributed by atoms with Gasteiger partial charge in [0.15, 0.2) is 0 Å². The van der Waals surface area contributed by atoms with Crippen LogP contribution in [-0.2, 0) is 6.54 Å². The first-order chi connectivity index (χ1) is 14.2. The summed E-state index contributed by atoms with van der Waals surface area (Å²) in [6.45, 7) is 4.55. The molecule has 29 heavy (non-hydrogen) atoms. The van der Waals surface area contributed by atoms with Crippen molar-refractivity contribution in [2.24, 2.45) is 17.8 Å². The van der Waals surface area contributed by atoms with Crippen LogP contribution in [0.4, 0.5) is 11.4 Å². The maximum atomic E-state index is 6.63. The maximum absolute atomic E-state index is 6.63. The average molecular weight is 410 g/mol. The van der Waals surface area contributed by atoms with E-state index in [2.05, 4.69) is 46.6 Å². The molecular weight excluding hydrogens is 378 g/mol. The molecule has 0 atom stereocenters. The number of benzene rings is 2. The summed E-state index contributed by atoms with van der Waals surface area (Å²) in [5, 5.41) is 4.10. The summed E-state index contributed by atoms with van der Waals surface area (Å²) in [6, 6.07) is 13.0. The number of piperidine rings is 1. The van der Waals surface area contributed by atoms with Gasteiger partial charge in [-0.25, -0.2) is 0 Å². The Bertz CT molecular complexity index is 847. The van der Waals surface area contributed by atoms with Gasteiger partial charge in [0.1, 0.15) is 0 Å². The van der Waals surface area contributed by atoms with Crippen LogP contribution in [0, 0.1) is 17.8 Å². The van der Waals surface area contributed by atoms with Gasteiger partial charge in [0, 0.05) is 18.7 Å². The van der Waals surface area contributed by atoms with Gasteiger partial charge in [0.25, 0.3) is 0 Å². The van der Waals surface area contributed by atoms with Crippen LogP contribution in [-0.4, -0.2) is 24.5 Å². The van der Waals surface area contributed by atoms with Crippen molar-refractivity contribution in [2.75, 3.05) is 30.7 Å². The number of rotatable bonds is 7. The molecule has 3 N–H and O–H groups in total. The van der Waals surface area contributed by atoms with Crippen molar-refractivity contribution >= 4 is 23.0 Å². The highest BCUT2D eigenvalue weighted by Crippen LogP contribution is 2.42. The molecule has 0 amide bonds. The van der Waals surface area contributed by atoms with Crippen LogP contribution in [0.25, 0.3) is 11.1 Å². The smallest absolute Gasteiger partial charge is 0.0745 e. The van der Waals surface area contributed by atoms with E-state index in [0.29, 0.717) is 10.7 Å². The normalized spacial score (nSPS) is 20.7. The number of anilines is 2. The highest BCUT2D eigenvalue weighted by molar-refractivity contribution is 6.36. The van der Waals surface area contributed by atoms with Crippen molar-refractivity contribution in [1.29, 1.82) is 0 Å². The Balaban J connectivity index is 1.22. The van der Waals surface area contributed by atoms with Crippen LogP contribution in [0.5, 0.6) is 0 Å². The van der Waals surface area contributed by atoms with Crippen LogP contribution in [0.1, 0.15) is 44.1 Å². The molecule has 1 aliphatic heterocycles. The van der Waals surface area contributed by atoms with E-state index in [1.54, 1.807) is 0 Å². The lowest BCUT2D eigenvalue weighted by Gasteiger charge is -2.32. The molecule has 154 valence electrons. The Labute approximate surface area is 179 Å². The molecule has 1 heterocycles. The third kappa shape index (κ3) is 4.57. The first-order valence-electron chi connectivity index (χ1n) is 11.3. The molecule has 2 aromatic carbocycles. The zero-order valence-electron chi connectivity index (χ0n) is 17.2. The number of nitrogen functional groups attached to an aromatic ring is 1. The average Bonchev–Trinajstić information content (AvgIpc) is 3.64. The lowest BCUT2D eigenvalue weighted by molar-refractivity contribution is 0.166. The molecule has 2 aromatic rings. The van der Waals surface area contributed by atoms with E-state index >= 15 is 0 Å². The predicted octanol–water partition coefficient (Wildman–Crippen LogP) is 6.03. The summed E-state index contributed by atoms with van der Waals surface area (Å²) in [6.07, 6.45) is 8.39. The lowest BCUT2D eigenvalue weighted by Crippen LogP contribution is -2.33. The number of hydrogen-bond acceptors (Lipinski definition) is 3. The molecule has 2 aliphatic carbocycles. The zero-order chi connectivity index (χ0) is 19.8. The second kappa shape index (κ2) is 8.20. The first-order valence-corrected chi connectivity index (χ1v) is 11.7. The molecule has 4 heteroatoms. The van der Waals surface area contributed by atoms with Crippen LogP contribution in [0.3, 0.4) is 0 Å². The van der Waals surface area contributed by atoms with Crippen LogP contribution < -0.4 is 11.1 Å². The molecule has 3 fully saturated rings. The quantitative estimate of drug-likeness (QED) is 0.548. The molecule has 5 rings (SSSR count). The van der Waals surface area contributed by atoms with Crippen LogP contribution in [0.15, 0.2) is 36.4 Å². The molecule has 1 saturated heterocycles. The van der Waals surface area contributed by atoms with Gasteiger partial charge < -0.3 is 11.1 Å². The Morgan fingerprint density at radius 3 is 2.24 bits per heavy atom. The molecular formula is C25H32ClN3. The van der Waals surface area contributed by atoms with E-state index in [1.807, 2.05) is 0 Å². The largest absolute Gasteiger partial charge is 0.396 e. The molecule has 2 saturated carbocycles. The Morgan fingerprint density at radius 2 is 1.59 bits per heavy atom. The summed E-state index contributed by atoms with van der Waals surface area (Å²) in [4.78, 5) is 2.61. The summed E-state index contributed by atoms with van der Waals surface area (Å²) in [5.74, 6) is 2.87. The molecule has 3 aliphatic rings. The van der Waals surface area contributed by atoms with Gasteiger partial charge >= 0.3 is 0 Å². The summed E-state index contributed by atoms with van der Waals surface area (Å²) >= 11 is 6.63. The van der Waals surface area contributed by atoms with E-state index in [4.69, 9.17) is 17.3 Å². The number of likely N-dealkylation sites (tertiary alicyclic amines) is 1. The fraction of sp³-hybridized carbons (Fsp3) is 0.520. The Hall–Kier alpha value is -1.71. The number of nitrogens with zero attached hydrogens (tertiary/aromatic N) is 1. The van der Waals surface area contributed by atoms with Crippen LogP contribution in [0.2, 0.25) is 5.02 Å². The van der Waals surface area contributed by atoms with Crippen molar-refractivity contribution in [1.82, 2.24) is 4.90 Å². The van der Waals surface area contributed by atoms with Crippen molar-refractivity contribution in [3.05, 3.63) is 47.0 Å². The fourth-order valence-electron chi connectivity index (χ4n) is 4.74. The molecule has 0 bridgehead atoms. The van der Waals surface area contributed by atoms with E-state index in [1.165, 1.54) is 57.2 Å². The summed E-state index contributed by atoms with van der Waals surface area (Å²) in [7, 11) is 0. The molecule has 0 unspecified atom stereocenters. The number of nitrogens with one attached hydrogen (secondary N) is 1. The van der Waals surface area contributed by atoms with E-state index in [0.717, 1.165) is 47.7 Å². The third-order valence-corrected chi connectivity index (χ3v) is 7.46. The monoisotopic (exact) mass is 409 g/mol. The van der Waals surface area contributed by atoms with Gasteiger partial charge in [-0.2, -0.15) is 0 Å². The van der Waals surface area contributed by atoms with Gasteiger partial charge in [0.05, 0.1) is 16.4 Å². The molecule has 0 radical (unpaired) electrons. The van der Waals surface area contributed by atoms with E-state index in [-0.39, 0.29) is 0 Å². The highest BCUT2D eigenvalue weighted by atomic mass is 35.5. The van der Waals surface area contributed by atoms with E-state index in [9.17, 15) is 0 Å².